The topological polar surface area (TPSA) is 91.0 Å². The molecular weight excluding hydrogens is 385 g/mol. The van der Waals surface area contributed by atoms with Gasteiger partial charge in [-0.1, -0.05) is 23.8 Å². The SMILES string of the molecule is CNC(=O)c1ccc(/C=C2/CCN(Cc3ccc4nc(C)c(=O)[nH]c4c3F)C2)cn1. The molecule has 0 saturated carbocycles. The number of amides is 1. The highest BCUT2D eigenvalue weighted by molar-refractivity contribution is 5.92. The summed E-state index contributed by atoms with van der Waals surface area (Å²) in [5, 5.41) is 2.55. The highest BCUT2D eigenvalue weighted by atomic mass is 19.1. The van der Waals surface area contributed by atoms with Gasteiger partial charge < -0.3 is 10.3 Å². The summed E-state index contributed by atoms with van der Waals surface area (Å²) in [5.41, 5.74) is 3.60. The zero-order valence-corrected chi connectivity index (χ0v) is 16.8. The number of carbonyl (C=O) groups excluding carboxylic acids is 1. The number of aromatic amines is 1. The van der Waals surface area contributed by atoms with Crippen molar-refractivity contribution in [3.63, 3.8) is 0 Å². The first-order chi connectivity index (χ1) is 14.4. The molecular formula is C22H22FN5O2. The fourth-order valence-corrected chi connectivity index (χ4v) is 3.61. The Balaban J connectivity index is 1.48. The molecule has 1 aliphatic heterocycles. The number of rotatable bonds is 4. The minimum Gasteiger partial charge on any atom is -0.354 e. The smallest absolute Gasteiger partial charge is 0.269 e. The van der Waals surface area contributed by atoms with Gasteiger partial charge in [-0.25, -0.2) is 9.37 Å². The van der Waals surface area contributed by atoms with Crippen LogP contribution in [0.1, 0.15) is 33.7 Å². The molecule has 154 valence electrons. The van der Waals surface area contributed by atoms with Crippen molar-refractivity contribution >= 4 is 23.0 Å². The van der Waals surface area contributed by atoms with E-state index in [2.05, 4.69) is 31.2 Å². The highest BCUT2D eigenvalue weighted by Gasteiger charge is 2.19. The molecule has 3 aromatic rings. The molecule has 0 spiro atoms. The second kappa shape index (κ2) is 8.16. The molecule has 1 aliphatic rings. The van der Waals surface area contributed by atoms with Crippen LogP contribution in [-0.2, 0) is 6.54 Å². The number of pyridine rings is 1. The Morgan fingerprint density at radius 2 is 2.17 bits per heavy atom. The van der Waals surface area contributed by atoms with Crippen molar-refractivity contribution in [2.24, 2.45) is 0 Å². The fourth-order valence-electron chi connectivity index (χ4n) is 3.61. The molecule has 0 atom stereocenters. The van der Waals surface area contributed by atoms with Gasteiger partial charge in [0.05, 0.1) is 5.52 Å². The largest absolute Gasteiger partial charge is 0.354 e. The van der Waals surface area contributed by atoms with Gasteiger partial charge in [0, 0.05) is 38.4 Å². The lowest BCUT2D eigenvalue weighted by Gasteiger charge is -2.15. The van der Waals surface area contributed by atoms with E-state index in [-0.39, 0.29) is 17.0 Å². The van der Waals surface area contributed by atoms with Crippen LogP contribution in [0.5, 0.6) is 0 Å². The number of halogens is 1. The van der Waals surface area contributed by atoms with Crippen LogP contribution < -0.4 is 10.9 Å². The molecule has 0 aliphatic carbocycles. The Hall–Kier alpha value is -3.39. The van der Waals surface area contributed by atoms with Gasteiger partial charge in [-0.3, -0.25) is 19.5 Å². The second-order valence-electron chi connectivity index (χ2n) is 7.40. The standard InChI is InChI=1S/C22H22FN5O2/c1-13-21(29)27-20-17(26-13)6-4-16(19(20)23)12-28-8-7-15(11-28)9-14-3-5-18(25-10-14)22(30)24-2/h3-6,9-10H,7-8,11-12H2,1-2H3,(H,24,30)(H,27,29)/b15-9-. The van der Waals surface area contributed by atoms with E-state index in [1.165, 1.54) is 5.57 Å². The minimum atomic E-state index is -0.427. The number of nitrogens with one attached hydrogen (secondary N) is 2. The first-order valence-electron chi connectivity index (χ1n) is 9.72. The maximum atomic E-state index is 14.9. The molecule has 2 aromatic heterocycles. The van der Waals surface area contributed by atoms with Crippen LogP contribution in [0.4, 0.5) is 4.39 Å². The van der Waals surface area contributed by atoms with Crippen LogP contribution in [0, 0.1) is 12.7 Å². The molecule has 1 saturated heterocycles. The molecule has 0 bridgehead atoms. The lowest BCUT2D eigenvalue weighted by molar-refractivity contribution is 0.0958. The van der Waals surface area contributed by atoms with Crippen molar-refractivity contribution in [2.75, 3.05) is 20.1 Å². The third-order valence-corrected chi connectivity index (χ3v) is 5.24. The van der Waals surface area contributed by atoms with Crippen LogP contribution in [0.2, 0.25) is 0 Å². The summed E-state index contributed by atoms with van der Waals surface area (Å²) in [5.74, 6) is -0.645. The molecule has 7 nitrogen and oxygen atoms in total. The summed E-state index contributed by atoms with van der Waals surface area (Å²) in [4.78, 5) is 36.5. The molecule has 1 fully saturated rings. The normalized spacial score (nSPS) is 15.8. The van der Waals surface area contributed by atoms with Crippen LogP contribution in [0.3, 0.4) is 0 Å². The average Bonchev–Trinajstić information content (AvgIpc) is 3.18. The Morgan fingerprint density at radius 1 is 1.33 bits per heavy atom. The van der Waals surface area contributed by atoms with E-state index in [4.69, 9.17) is 0 Å². The number of aromatic nitrogens is 3. The van der Waals surface area contributed by atoms with E-state index in [1.54, 1.807) is 38.4 Å². The number of carbonyl (C=O) groups is 1. The van der Waals surface area contributed by atoms with E-state index in [1.807, 2.05) is 6.07 Å². The summed E-state index contributed by atoms with van der Waals surface area (Å²) < 4.78 is 14.9. The maximum Gasteiger partial charge on any atom is 0.269 e. The molecule has 30 heavy (non-hydrogen) atoms. The van der Waals surface area contributed by atoms with E-state index >= 15 is 0 Å². The van der Waals surface area contributed by atoms with Gasteiger partial charge in [0.25, 0.3) is 11.5 Å². The van der Waals surface area contributed by atoms with Gasteiger partial charge in [0.15, 0.2) is 5.82 Å². The zero-order valence-electron chi connectivity index (χ0n) is 16.8. The van der Waals surface area contributed by atoms with Gasteiger partial charge in [-0.15, -0.1) is 0 Å². The third-order valence-electron chi connectivity index (χ3n) is 5.24. The van der Waals surface area contributed by atoms with Crippen LogP contribution in [0.25, 0.3) is 17.1 Å². The third kappa shape index (κ3) is 3.99. The summed E-state index contributed by atoms with van der Waals surface area (Å²) in [6.07, 6.45) is 4.61. The molecule has 0 radical (unpaired) electrons. The highest BCUT2D eigenvalue weighted by Crippen LogP contribution is 2.23. The predicted octanol–water partition coefficient (Wildman–Crippen LogP) is 2.41. The van der Waals surface area contributed by atoms with Gasteiger partial charge in [0.1, 0.15) is 16.9 Å². The minimum absolute atomic E-state index is 0.153. The zero-order chi connectivity index (χ0) is 21.3. The van der Waals surface area contributed by atoms with Crippen LogP contribution >= 0.6 is 0 Å². The second-order valence-corrected chi connectivity index (χ2v) is 7.40. The quantitative estimate of drug-likeness (QED) is 0.693. The van der Waals surface area contributed by atoms with Crippen molar-refractivity contribution in [1.29, 1.82) is 0 Å². The fraction of sp³-hybridized carbons (Fsp3) is 0.273. The van der Waals surface area contributed by atoms with Crippen molar-refractivity contribution in [3.8, 4) is 0 Å². The first kappa shape index (κ1) is 19.9. The van der Waals surface area contributed by atoms with Gasteiger partial charge >= 0.3 is 0 Å². The Labute approximate surface area is 172 Å². The molecule has 8 heteroatoms. The Bertz CT molecular complexity index is 1200. The van der Waals surface area contributed by atoms with Gasteiger partial charge in [-0.05, 0) is 31.0 Å². The number of benzene rings is 1. The van der Waals surface area contributed by atoms with Crippen molar-refractivity contribution in [3.05, 3.63) is 74.7 Å². The molecule has 0 unspecified atom stereocenters. The summed E-state index contributed by atoms with van der Waals surface area (Å²) >= 11 is 0. The number of likely N-dealkylation sites (tertiary alicyclic amines) is 1. The number of hydrogen-bond acceptors (Lipinski definition) is 5. The molecule has 3 heterocycles. The average molecular weight is 407 g/mol. The summed E-state index contributed by atoms with van der Waals surface area (Å²) in [6.45, 7) is 3.58. The Morgan fingerprint density at radius 3 is 2.90 bits per heavy atom. The van der Waals surface area contributed by atoms with Gasteiger partial charge in [-0.2, -0.15) is 0 Å². The number of H-pyrrole nitrogens is 1. The van der Waals surface area contributed by atoms with E-state index < -0.39 is 5.82 Å². The molecule has 1 amide bonds. The summed E-state index contributed by atoms with van der Waals surface area (Å²) in [7, 11) is 1.57. The van der Waals surface area contributed by atoms with E-state index in [9.17, 15) is 14.0 Å². The number of hydrogen-bond donors (Lipinski definition) is 2. The number of nitrogens with zero attached hydrogens (tertiary/aromatic N) is 3. The van der Waals surface area contributed by atoms with Crippen LogP contribution in [0.15, 0.2) is 40.8 Å². The van der Waals surface area contributed by atoms with E-state index in [0.29, 0.717) is 29.0 Å². The van der Waals surface area contributed by atoms with Crippen LogP contribution in [-0.4, -0.2) is 45.9 Å². The van der Waals surface area contributed by atoms with Gasteiger partial charge in [0.2, 0.25) is 0 Å². The lowest BCUT2D eigenvalue weighted by atomic mass is 10.1. The van der Waals surface area contributed by atoms with Crippen molar-refractivity contribution < 1.29 is 9.18 Å². The van der Waals surface area contributed by atoms with Crippen molar-refractivity contribution in [1.82, 2.24) is 25.2 Å². The summed E-state index contributed by atoms with van der Waals surface area (Å²) in [6, 6.07) is 7.02. The predicted molar refractivity (Wildman–Crippen MR) is 113 cm³/mol. The molecule has 4 rings (SSSR count). The number of fused-ring (bicyclic) bond motifs is 1. The molecule has 1 aromatic carbocycles. The lowest BCUT2D eigenvalue weighted by Crippen LogP contribution is -2.20. The maximum absolute atomic E-state index is 14.9. The first-order valence-corrected chi connectivity index (χ1v) is 9.72. The monoisotopic (exact) mass is 407 g/mol. The number of aryl methyl sites for hydroxylation is 1. The van der Waals surface area contributed by atoms with E-state index in [0.717, 1.165) is 25.1 Å². The van der Waals surface area contributed by atoms with Crippen molar-refractivity contribution in [2.45, 2.75) is 19.9 Å². The Kier molecular flexibility index (Phi) is 5.41. The molecule has 2 N–H and O–H groups in total.